The van der Waals surface area contributed by atoms with Crippen LogP contribution < -0.4 is 0 Å². The average Bonchev–Trinajstić information content (AvgIpc) is 3.34. The summed E-state index contributed by atoms with van der Waals surface area (Å²) in [7, 11) is 0. The minimum atomic E-state index is -0.332. The molecular formula is C23H26FN3O. The second kappa shape index (κ2) is 8.13. The highest BCUT2D eigenvalue weighted by atomic mass is 19.1. The fourth-order valence-electron chi connectivity index (χ4n) is 4.24. The summed E-state index contributed by atoms with van der Waals surface area (Å²) in [6, 6.07) is 14.5. The van der Waals surface area contributed by atoms with Gasteiger partial charge in [0.25, 0.3) is 5.91 Å². The molecule has 0 saturated heterocycles. The van der Waals surface area contributed by atoms with Crippen molar-refractivity contribution in [3.63, 3.8) is 0 Å². The topological polar surface area (TPSA) is 38.1 Å². The Morgan fingerprint density at radius 2 is 1.86 bits per heavy atom. The molecule has 0 atom stereocenters. The molecule has 0 unspecified atom stereocenters. The van der Waals surface area contributed by atoms with Crippen molar-refractivity contribution >= 4 is 16.9 Å². The number of carbonyl (C=O) groups is 1. The molecule has 0 N–H and O–H groups in total. The molecule has 1 aliphatic carbocycles. The number of amides is 1. The lowest BCUT2D eigenvalue weighted by Crippen LogP contribution is -2.32. The van der Waals surface area contributed by atoms with Gasteiger partial charge in [-0.2, -0.15) is 0 Å². The maximum absolute atomic E-state index is 13.3. The van der Waals surface area contributed by atoms with Crippen molar-refractivity contribution in [2.75, 3.05) is 6.54 Å². The fourth-order valence-corrected chi connectivity index (χ4v) is 4.24. The third-order valence-corrected chi connectivity index (χ3v) is 5.56. The first-order valence-corrected chi connectivity index (χ1v) is 10.2. The van der Waals surface area contributed by atoms with Crippen molar-refractivity contribution in [1.29, 1.82) is 0 Å². The molecule has 0 bridgehead atoms. The molecule has 0 aliphatic heterocycles. The highest BCUT2D eigenvalue weighted by Crippen LogP contribution is 2.34. The van der Waals surface area contributed by atoms with E-state index >= 15 is 0 Å². The van der Waals surface area contributed by atoms with E-state index < -0.39 is 0 Å². The Labute approximate surface area is 165 Å². The predicted octanol–water partition coefficient (Wildman–Crippen LogP) is 5.34. The Morgan fingerprint density at radius 1 is 1.14 bits per heavy atom. The van der Waals surface area contributed by atoms with Gasteiger partial charge in [0.15, 0.2) is 0 Å². The quantitative estimate of drug-likeness (QED) is 0.579. The monoisotopic (exact) mass is 379 g/mol. The summed E-state index contributed by atoms with van der Waals surface area (Å²) in [5, 5.41) is 0. The molecule has 2 aromatic carbocycles. The van der Waals surface area contributed by atoms with E-state index in [0.717, 1.165) is 36.1 Å². The summed E-state index contributed by atoms with van der Waals surface area (Å²) in [6.07, 6.45) is 5.66. The summed E-state index contributed by atoms with van der Waals surface area (Å²) >= 11 is 0. The molecule has 0 radical (unpaired) electrons. The van der Waals surface area contributed by atoms with Crippen molar-refractivity contribution in [2.24, 2.45) is 0 Å². The van der Waals surface area contributed by atoms with Crippen LogP contribution in [0.4, 0.5) is 4.39 Å². The van der Waals surface area contributed by atoms with Crippen LogP contribution in [0.15, 0.2) is 48.5 Å². The SMILES string of the molecule is CCCN(Cc1nc2ccccc2n1C1CCCC1)C(=O)c1ccc(F)cc1. The second-order valence-electron chi connectivity index (χ2n) is 7.56. The van der Waals surface area contributed by atoms with Gasteiger partial charge in [0.2, 0.25) is 0 Å². The zero-order chi connectivity index (χ0) is 19.5. The van der Waals surface area contributed by atoms with Gasteiger partial charge < -0.3 is 9.47 Å². The fraction of sp³-hybridized carbons (Fsp3) is 0.391. The molecule has 1 amide bonds. The van der Waals surface area contributed by atoms with Gasteiger partial charge >= 0.3 is 0 Å². The normalized spacial score (nSPS) is 14.6. The van der Waals surface area contributed by atoms with Crippen LogP contribution in [0.5, 0.6) is 0 Å². The molecule has 4 rings (SSSR count). The Bertz CT molecular complexity index is 958. The lowest BCUT2D eigenvalue weighted by molar-refractivity contribution is 0.0736. The highest BCUT2D eigenvalue weighted by Gasteiger charge is 2.25. The third-order valence-electron chi connectivity index (χ3n) is 5.56. The van der Waals surface area contributed by atoms with Crippen molar-refractivity contribution in [2.45, 2.75) is 51.6 Å². The molecule has 1 fully saturated rings. The second-order valence-corrected chi connectivity index (χ2v) is 7.56. The highest BCUT2D eigenvalue weighted by molar-refractivity contribution is 5.94. The zero-order valence-electron chi connectivity index (χ0n) is 16.3. The molecule has 4 nitrogen and oxygen atoms in total. The maximum Gasteiger partial charge on any atom is 0.254 e. The summed E-state index contributed by atoms with van der Waals surface area (Å²) in [4.78, 5) is 19.8. The number of rotatable bonds is 6. The van der Waals surface area contributed by atoms with Gasteiger partial charge in [-0.1, -0.05) is 31.9 Å². The largest absolute Gasteiger partial charge is 0.331 e. The van der Waals surface area contributed by atoms with Gasteiger partial charge in [-0.25, -0.2) is 9.37 Å². The Balaban J connectivity index is 1.68. The van der Waals surface area contributed by atoms with Crippen LogP contribution in [0, 0.1) is 5.82 Å². The van der Waals surface area contributed by atoms with E-state index in [1.54, 1.807) is 12.1 Å². The van der Waals surface area contributed by atoms with Gasteiger partial charge in [-0.15, -0.1) is 0 Å². The summed E-state index contributed by atoms with van der Waals surface area (Å²) in [5.74, 6) is 0.533. The standard InChI is InChI=1S/C23H26FN3O/c1-2-15-26(23(28)17-11-13-18(24)14-12-17)16-22-25-20-9-5-6-10-21(20)27(22)19-7-3-4-8-19/h5-6,9-14,19H,2-4,7-8,15-16H2,1H3. The van der Waals surface area contributed by atoms with E-state index in [-0.39, 0.29) is 11.7 Å². The van der Waals surface area contributed by atoms with E-state index in [1.165, 1.54) is 25.0 Å². The van der Waals surface area contributed by atoms with Gasteiger partial charge in [0.05, 0.1) is 17.6 Å². The molecule has 28 heavy (non-hydrogen) atoms. The number of imidazole rings is 1. The lowest BCUT2D eigenvalue weighted by Gasteiger charge is -2.24. The Hall–Kier alpha value is -2.69. The number of halogens is 1. The number of benzene rings is 2. The van der Waals surface area contributed by atoms with E-state index in [2.05, 4.69) is 17.6 Å². The number of nitrogens with zero attached hydrogens (tertiary/aromatic N) is 3. The summed E-state index contributed by atoms with van der Waals surface area (Å²) < 4.78 is 15.6. The van der Waals surface area contributed by atoms with Crippen molar-refractivity contribution in [3.05, 3.63) is 65.7 Å². The molecule has 0 spiro atoms. The van der Waals surface area contributed by atoms with Crippen LogP contribution in [-0.4, -0.2) is 26.9 Å². The number of carbonyl (C=O) groups excluding carboxylic acids is 1. The van der Waals surface area contributed by atoms with Crippen molar-refractivity contribution < 1.29 is 9.18 Å². The van der Waals surface area contributed by atoms with Crippen molar-refractivity contribution in [3.8, 4) is 0 Å². The molecular weight excluding hydrogens is 353 g/mol. The Morgan fingerprint density at radius 3 is 2.57 bits per heavy atom. The number of fused-ring (bicyclic) bond motifs is 1. The first kappa shape index (κ1) is 18.7. The number of para-hydroxylation sites is 2. The van der Waals surface area contributed by atoms with E-state index in [1.807, 2.05) is 23.1 Å². The molecule has 3 aromatic rings. The number of aromatic nitrogens is 2. The predicted molar refractivity (Wildman–Crippen MR) is 109 cm³/mol. The minimum Gasteiger partial charge on any atom is -0.331 e. The van der Waals surface area contributed by atoms with Crippen molar-refractivity contribution in [1.82, 2.24) is 14.5 Å². The van der Waals surface area contributed by atoms with Crippen LogP contribution in [0.3, 0.4) is 0 Å². The van der Waals surface area contributed by atoms with Gasteiger partial charge in [-0.05, 0) is 55.7 Å². The summed E-state index contributed by atoms with van der Waals surface area (Å²) in [6.45, 7) is 3.17. The van der Waals surface area contributed by atoms with E-state index in [0.29, 0.717) is 24.7 Å². The number of hydrogen-bond acceptors (Lipinski definition) is 2. The van der Waals surface area contributed by atoms with Crippen LogP contribution in [0.1, 0.15) is 61.3 Å². The smallest absolute Gasteiger partial charge is 0.254 e. The minimum absolute atomic E-state index is 0.0770. The van der Waals surface area contributed by atoms with Gasteiger partial charge in [0.1, 0.15) is 11.6 Å². The first-order valence-electron chi connectivity index (χ1n) is 10.2. The van der Waals surface area contributed by atoms with E-state index in [4.69, 9.17) is 4.98 Å². The van der Waals surface area contributed by atoms with E-state index in [9.17, 15) is 9.18 Å². The third kappa shape index (κ3) is 3.66. The first-order chi connectivity index (χ1) is 13.7. The van der Waals surface area contributed by atoms with Crippen LogP contribution in [0.2, 0.25) is 0 Å². The van der Waals surface area contributed by atoms with Gasteiger partial charge in [0, 0.05) is 18.2 Å². The van der Waals surface area contributed by atoms with Crippen LogP contribution >= 0.6 is 0 Å². The molecule has 146 valence electrons. The maximum atomic E-state index is 13.3. The van der Waals surface area contributed by atoms with Crippen LogP contribution in [0.25, 0.3) is 11.0 Å². The number of hydrogen-bond donors (Lipinski definition) is 0. The average molecular weight is 379 g/mol. The Kier molecular flexibility index (Phi) is 5.42. The van der Waals surface area contributed by atoms with Crippen LogP contribution in [-0.2, 0) is 6.54 Å². The summed E-state index contributed by atoms with van der Waals surface area (Å²) in [5.41, 5.74) is 2.64. The molecule has 1 heterocycles. The lowest BCUT2D eigenvalue weighted by atomic mass is 10.2. The molecule has 5 heteroatoms. The molecule has 1 aliphatic rings. The molecule has 1 aromatic heterocycles. The van der Waals surface area contributed by atoms with Gasteiger partial charge in [-0.3, -0.25) is 4.79 Å². The molecule has 1 saturated carbocycles. The zero-order valence-corrected chi connectivity index (χ0v) is 16.3.